The standard InChI is InChI=1S/C13H12F3N3OS/c1-2-9(8-6-4-3-5-7-8)10(20)17-12-19-18-11(21-12)13(14,15)16/h3-7,9H,2H2,1H3,(H,17,19,20)/t9-/m0/s1. The van der Waals surface area contributed by atoms with Gasteiger partial charge in [0.25, 0.3) is 0 Å². The Morgan fingerprint density at radius 2 is 1.95 bits per heavy atom. The molecule has 1 amide bonds. The van der Waals surface area contributed by atoms with Crippen molar-refractivity contribution in [1.82, 2.24) is 10.2 Å². The summed E-state index contributed by atoms with van der Waals surface area (Å²) in [5, 5.41) is 7.54. The van der Waals surface area contributed by atoms with Crippen LogP contribution in [0.25, 0.3) is 0 Å². The van der Waals surface area contributed by atoms with E-state index in [0.29, 0.717) is 17.8 Å². The maximum absolute atomic E-state index is 12.4. The van der Waals surface area contributed by atoms with Crippen LogP contribution in [0, 0.1) is 0 Å². The lowest BCUT2D eigenvalue weighted by Crippen LogP contribution is -2.20. The summed E-state index contributed by atoms with van der Waals surface area (Å²) in [7, 11) is 0. The second-order valence-electron chi connectivity index (χ2n) is 4.27. The summed E-state index contributed by atoms with van der Waals surface area (Å²) in [5.41, 5.74) is 0.804. The zero-order chi connectivity index (χ0) is 15.5. The molecule has 4 nitrogen and oxygen atoms in total. The van der Waals surface area contributed by atoms with Crippen LogP contribution in [0.1, 0.15) is 29.8 Å². The zero-order valence-corrected chi connectivity index (χ0v) is 11.8. The highest BCUT2D eigenvalue weighted by Crippen LogP contribution is 2.33. The smallest absolute Gasteiger partial charge is 0.300 e. The van der Waals surface area contributed by atoms with Crippen molar-refractivity contribution < 1.29 is 18.0 Å². The summed E-state index contributed by atoms with van der Waals surface area (Å²) in [5.74, 6) is -0.835. The third kappa shape index (κ3) is 3.78. The van der Waals surface area contributed by atoms with Crippen LogP contribution in [-0.2, 0) is 11.0 Å². The number of halogens is 3. The van der Waals surface area contributed by atoms with Crippen molar-refractivity contribution >= 4 is 22.4 Å². The topological polar surface area (TPSA) is 54.9 Å². The van der Waals surface area contributed by atoms with Crippen molar-refractivity contribution in [3.8, 4) is 0 Å². The fourth-order valence-electron chi connectivity index (χ4n) is 1.84. The van der Waals surface area contributed by atoms with E-state index in [0.717, 1.165) is 5.56 Å². The normalized spacial score (nSPS) is 13.0. The van der Waals surface area contributed by atoms with Gasteiger partial charge in [0, 0.05) is 0 Å². The van der Waals surface area contributed by atoms with E-state index in [1.807, 2.05) is 13.0 Å². The zero-order valence-electron chi connectivity index (χ0n) is 11.0. The fourth-order valence-corrected chi connectivity index (χ4v) is 2.45. The molecule has 112 valence electrons. The van der Waals surface area contributed by atoms with Crippen molar-refractivity contribution in [1.29, 1.82) is 0 Å². The molecule has 0 saturated carbocycles. The SMILES string of the molecule is CC[C@H](C(=O)Nc1nnc(C(F)(F)F)s1)c1ccccc1. The Labute approximate surface area is 123 Å². The predicted molar refractivity (Wildman–Crippen MR) is 73.0 cm³/mol. The first-order valence-electron chi connectivity index (χ1n) is 6.18. The number of carbonyl (C=O) groups excluding carboxylic acids is 1. The first-order valence-corrected chi connectivity index (χ1v) is 7.00. The second-order valence-corrected chi connectivity index (χ2v) is 5.25. The van der Waals surface area contributed by atoms with E-state index in [1.165, 1.54) is 0 Å². The molecule has 0 saturated heterocycles. The third-order valence-corrected chi connectivity index (χ3v) is 3.71. The Kier molecular flexibility index (Phi) is 4.56. The van der Waals surface area contributed by atoms with Crippen LogP contribution in [-0.4, -0.2) is 16.1 Å². The predicted octanol–water partition coefficient (Wildman–Crippen LogP) is 3.69. The highest BCUT2D eigenvalue weighted by Gasteiger charge is 2.36. The molecule has 8 heteroatoms. The van der Waals surface area contributed by atoms with E-state index >= 15 is 0 Å². The van der Waals surface area contributed by atoms with Crippen LogP contribution in [0.4, 0.5) is 18.3 Å². The van der Waals surface area contributed by atoms with Gasteiger partial charge in [-0.2, -0.15) is 13.2 Å². The highest BCUT2D eigenvalue weighted by atomic mass is 32.1. The van der Waals surface area contributed by atoms with Gasteiger partial charge in [0.1, 0.15) is 0 Å². The van der Waals surface area contributed by atoms with Crippen molar-refractivity contribution in [3.63, 3.8) is 0 Å². The Morgan fingerprint density at radius 1 is 1.29 bits per heavy atom. The van der Waals surface area contributed by atoms with Gasteiger partial charge in [0.2, 0.25) is 16.0 Å². The van der Waals surface area contributed by atoms with Crippen LogP contribution in [0.15, 0.2) is 30.3 Å². The van der Waals surface area contributed by atoms with E-state index in [2.05, 4.69) is 15.5 Å². The molecule has 1 heterocycles. The molecule has 2 aromatic rings. The van der Waals surface area contributed by atoms with Gasteiger partial charge in [-0.15, -0.1) is 10.2 Å². The van der Waals surface area contributed by atoms with E-state index in [1.54, 1.807) is 24.3 Å². The van der Waals surface area contributed by atoms with Crippen molar-refractivity contribution in [2.75, 3.05) is 5.32 Å². The number of nitrogens with one attached hydrogen (secondary N) is 1. The molecule has 2 rings (SSSR count). The average molecular weight is 315 g/mol. The number of hydrogen-bond donors (Lipinski definition) is 1. The van der Waals surface area contributed by atoms with Gasteiger partial charge < -0.3 is 0 Å². The molecule has 0 radical (unpaired) electrons. The van der Waals surface area contributed by atoms with Gasteiger partial charge in [0.15, 0.2) is 0 Å². The van der Waals surface area contributed by atoms with Gasteiger partial charge in [-0.25, -0.2) is 0 Å². The molecule has 0 fully saturated rings. The van der Waals surface area contributed by atoms with Crippen molar-refractivity contribution in [2.24, 2.45) is 0 Å². The summed E-state index contributed by atoms with van der Waals surface area (Å²) in [6.07, 6.45) is -4.02. The minimum atomic E-state index is -4.55. The largest absolute Gasteiger partial charge is 0.445 e. The molecule has 0 bridgehead atoms. The summed E-state index contributed by atoms with van der Waals surface area (Å²) in [4.78, 5) is 12.1. The summed E-state index contributed by atoms with van der Waals surface area (Å²) in [6, 6.07) is 9.04. The molecular weight excluding hydrogens is 303 g/mol. The van der Waals surface area contributed by atoms with Gasteiger partial charge in [-0.1, -0.05) is 48.6 Å². The van der Waals surface area contributed by atoms with Crippen LogP contribution in [0.3, 0.4) is 0 Å². The quantitative estimate of drug-likeness (QED) is 0.936. The molecule has 1 aromatic heterocycles. The van der Waals surface area contributed by atoms with Crippen molar-refractivity contribution in [3.05, 3.63) is 40.9 Å². The number of carbonyl (C=O) groups is 1. The summed E-state index contributed by atoms with van der Waals surface area (Å²) >= 11 is 0.312. The van der Waals surface area contributed by atoms with Crippen LogP contribution < -0.4 is 5.32 Å². The number of rotatable bonds is 4. The van der Waals surface area contributed by atoms with Crippen LogP contribution in [0.2, 0.25) is 0 Å². The van der Waals surface area contributed by atoms with Gasteiger partial charge in [-0.05, 0) is 12.0 Å². The van der Waals surface area contributed by atoms with Gasteiger partial charge >= 0.3 is 6.18 Å². The minimum Gasteiger partial charge on any atom is -0.300 e. The molecule has 0 aliphatic heterocycles. The second kappa shape index (κ2) is 6.21. The average Bonchev–Trinajstić information content (AvgIpc) is 2.89. The van der Waals surface area contributed by atoms with Gasteiger partial charge in [-0.3, -0.25) is 10.1 Å². The molecule has 0 aliphatic rings. The van der Waals surface area contributed by atoms with E-state index < -0.39 is 23.0 Å². The van der Waals surface area contributed by atoms with E-state index in [4.69, 9.17) is 0 Å². The molecular formula is C13H12F3N3OS. The fraction of sp³-hybridized carbons (Fsp3) is 0.308. The molecule has 1 aromatic carbocycles. The minimum absolute atomic E-state index is 0.151. The lowest BCUT2D eigenvalue weighted by atomic mass is 9.96. The number of hydrogen-bond acceptors (Lipinski definition) is 4. The third-order valence-electron chi connectivity index (χ3n) is 2.82. The highest BCUT2D eigenvalue weighted by molar-refractivity contribution is 7.15. The Hall–Kier alpha value is -1.96. The van der Waals surface area contributed by atoms with Crippen LogP contribution >= 0.6 is 11.3 Å². The summed E-state index contributed by atoms with van der Waals surface area (Å²) < 4.78 is 37.3. The van der Waals surface area contributed by atoms with Gasteiger partial charge in [0.05, 0.1) is 5.92 Å². The number of amides is 1. The molecule has 0 aliphatic carbocycles. The lowest BCUT2D eigenvalue weighted by Gasteiger charge is -2.13. The van der Waals surface area contributed by atoms with Crippen molar-refractivity contribution in [2.45, 2.75) is 25.4 Å². The molecule has 1 atom stereocenters. The first kappa shape index (κ1) is 15.4. The maximum atomic E-state index is 12.4. The first-order chi connectivity index (χ1) is 9.91. The molecule has 0 unspecified atom stereocenters. The Bertz CT molecular complexity index is 613. The molecule has 1 N–H and O–H groups in total. The molecule has 21 heavy (non-hydrogen) atoms. The number of nitrogens with zero attached hydrogens (tertiary/aromatic N) is 2. The number of aromatic nitrogens is 2. The lowest BCUT2D eigenvalue weighted by molar-refractivity contribution is -0.138. The maximum Gasteiger partial charge on any atom is 0.445 e. The monoisotopic (exact) mass is 315 g/mol. The summed E-state index contributed by atoms with van der Waals surface area (Å²) in [6.45, 7) is 1.83. The Morgan fingerprint density at radius 3 is 2.48 bits per heavy atom. The number of benzene rings is 1. The number of alkyl halides is 3. The number of anilines is 1. The molecule has 0 spiro atoms. The van der Waals surface area contributed by atoms with E-state index in [-0.39, 0.29) is 5.13 Å². The van der Waals surface area contributed by atoms with Crippen LogP contribution in [0.5, 0.6) is 0 Å². The van der Waals surface area contributed by atoms with E-state index in [9.17, 15) is 18.0 Å². The Balaban J connectivity index is 2.11.